The maximum atomic E-state index is 12.0. The van der Waals surface area contributed by atoms with Gasteiger partial charge in [-0.05, 0) is 12.8 Å². The van der Waals surface area contributed by atoms with Gasteiger partial charge in [-0.2, -0.15) is 0 Å². The Morgan fingerprint density at radius 2 is 1.76 bits per heavy atom. The summed E-state index contributed by atoms with van der Waals surface area (Å²) in [5.74, 6) is -1.89. The van der Waals surface area contributed by atoms with Crippen LogP contribution < -0.4 is 0 Å². The Balaban J connectivity index is 4.99. The van der Waals surface area contributed by atoms with E-state index >= 15 is 0 Å². The number of rotatable bonds is 11. The first-order chi connectivity index (χ1) is 9.83. The average Bonchev–Trinajstić information content (AvgIpc) is 2.46. The van der Waals surface area contributed by atoms with Crippen LogP contribution in [0.2, 0.25) is 0 Å². The van der Waals surface area contributed by atoms with E-state index in [1.807, 2.05) is 6.92 Å². The first-order valence-electron chi connectivity index (χ1n) is 7.23. The maximum Gasteiger partial charge on any atom is 0.346 e. The van der Waals surface area contributed by atoms with Crippen LogP contribution >= 0.6 is 0 Å². The second-order valence-electron chi connectivity index (χ2n) is 5.04. The zero-order valence-corrected chi connectivity index (χ0v) is 12.6. The Morgan fingerprint density at radius 1 is 1.14 bits per heavy atom. The molecular formula is C14H26O7. The second-order valence-corrected chi connectivity index (χ2v) is 5.04. The Morgan fingerprint density at radius 3 is 2.24 bits per heavy atom. The van der Waals surface area contributed by atoms with Gasteiger partial charge in [0, 0.05) is 12.8 Å². The molecule has 0 rings (SSSR count). The van der Waals surface area contributed by atoms with Crippen LogP contribution in [-0.2, 0) is 14.3 Å². The van der Waals surface area contributed by atoms with Crippen molar-refractivity contribution in [2.45, 2.75) is 63.8 Å². The number of ketones is 1. The van der Waals surface area contributed by atoms with Crippen LogP contribution in [0.1, 0.15) is 46.0 Å². The number of aliphatic hydroxyl groups is 4. The Labute approximate surface area is 124 Å². The van der Waals surface area contributed by atoms with Gasteiger partial charge < -0.3 is 25.2 Å². The molecule has 4 N–H and O–H groups in total. The van der Waals surface area contributed by atoms with Gasteiger partial charge in [0.15, 0.2) is 5.78 Å². The smallest absolute Gasteiger partial charge is 0.346 e. The molecule has 3 atom stereocenters. The zero-order valence-electron chi connectivity index (χ0n) is 12.6. The fourth-order valence-corrected chi connectivity index (χ4v) is 1.73. The van der Waals surface area contributed by atoms with Crippen LogP contribution in [0.15, 0.2) is 0 Å². The Hall–Kier alpha value is -1.02. The summed E-state index contributed by atoms with van der Waals surface area (Å²) in [7, 11) is 0. The molecule has 0 aromatic carbocycles. The molecular weight excluding hydrogens is 280 g/mol. The fraction of sp³-hybridized carbons (Fsp3) is 0.857. The average molecular weight is 306 g/mol. The van der Waals surface area contributed by atoms with Gasteiger partial charge >= 0.3 is 5.97 Å². The lowest BCUT2D eigenvalue weighted by Crippen LogP contribution is -2.52. The molecule has 0 heterocycles. The number of ether oxygens (including phenoxy) is 1. The van der Waals surface area contributed by atoms with Crippen molar-refractivity contribution < 1.29 is 34.8 Å². The van der Waals surface area contributed by atoms with Crippen molar-refractivity contribution >= 4 is 11.8 Å². The van der Waals surface area contributed by atoms with Crippen molar-refractivity contribution in [2.75, 3.05) is 13.2 Å². The number of hydrogen-bond donors (Lipinski definition) is 4. The lowest BCUT2D eigenvalue weighted by molar-refractivity contribution is -0.176. The van der Waals surface area contributed by atoms with E-state index in [4.69, 9.17) is 9.84 Å². The van der Waals surface area contributed by atoms with E-state index < -0.39 is 42.6 Å². The third kappa shape index (κ3) is 6.09. The number of carbonyl (C=O) groups excluding carboxylic acids is 2. The molecule has 0 amide bonds. The van der Waals surface area contributed by atoms with Crippen LogP contribution in [0.5, 0.6) is 0 Å². The molecule has 0 fully saturated rings. The molecule has 21 heavy (non-hydrogen) atoms. The molecule has 124 valence electrons. The van der Waals surface area contributed by atoms with Crippen LogP contribution in [0.3, 0.4) is 0 Å². The predicted octanol–water partition coefficient (Wildman–Crippen LogP) is -0.466. The lowest BCUT2D eigenvalue weighted by atomic mass is 9.87. The van der Waals surface area contributed by atoms with Gasteiger partial charge in [0.2, 0.25) is 5.60 Å². The number of hydrogen-bond acceptors (Lipinski definition) is 7. The van der Waals surface area contributed by atoms with Gasteiger partial charge in [-0.15, -0.1) is 0 Å². The number of Topliss-reactive ketones (excluding diaryl/α,β-unsaturated/α-hetero) is 1. The van der Waals surface area contributed by atoms with E-state index in [0.717, 1.165) is 6.42 Å². The van der Waals surface area contributed by atoms with Gasteiger partial charge in [-0.3, -0.25) is 4.79 Å². The summed E-state index contributed by atoms with van der Waals surface area (Å²) in [4.78, 5) is 23.9. The Kier molecular flexibility index (Phi) is 9.36. The molecule has 0 radical (unpaired) electrons. The Bertz CT molecular complexity index is 331. The van der Waals surface area contributed by atoms with Crippen LogP contribution in [-0.4, -0.2) is 63.2 Å². The first kappa shape index (κ1) is 20.0. The quantitative estimate of drug-likeness (QED) is 0.231. The molecule has 0 bridgehead atoms. The van der Waals surface area contributed by atoms with Crippen LogP contribution in [0.4, 0.5) is 0 Å². The minimum atomic E-state index is -2.50. The monoisotopic (exact) mass is 306 g/mol. The van der Waals surface area contributed by atoms with Crippen molar-refractivity contribution in [1.29, 1.82) is 0 Å². The number of carbonyl (C=O) groups is 2. The fourth-order valence-electron chi connectivity index (χ4n) is 1.73. The van der Waals surface area contributed by atoms with Crippen molar-refractivity contribution in [3.05, 3.63) is 0 Å². The molecule has 0 aromatic heterocycles. The molecule has 3 unspecified atom stereocenters. The van der Waals surface area contributed by atoms with Gasteiger partial charge in [-0.1, -0.05) is 20.3 Å². The minimum absolute atomic E-state index is 0.0542. The predicted molar refractivity (Wildman–Crippen MR) is 74.4 cm³/mol. The van der Waals surface area contributed by atoms with Crippen LogP contribution in [0, 0.1) is 0 Å². The normalized spacial score (nSPS) is 16.9. The highest BCUT2D eigenvalue weighted by atomic mass is 16.6. The topological polar surface area (TPSA) is 124 Å². The molecule has 0 saturated heterocycles. The maximum absolute atomic E-state index is 12.0. The number of aliphatic hydroxyl groups excluding tert-OH is 3. The lowest BCUT2D eigenvalue weighted by Gasteiger charge is -2.28. The van der Waals surface area contributed by atoms with E-state index in [-0.39, 0.29) is 13.0 Å². The minimum Gasteiger partial charge on any atom is -0.463 e. The molecule has 0 aliphatic heterocycles. The summed E-state index contributed by atoms with van der Waals surface area (Å²) >= 11 is 0. The van der Waals surface area contributed by atoms with Gasteiger partial charge in [0.25, 0.3) is 0 Å². The van der Waals surface area contributed by atoms with E-state index in [9.17, 15) is 24.9 Å². The van der Waals surface area contributed by atoms with Crippen molar-refractivity contribution in [3.8, 4) is 0 Å². The molecule has 7 nitrogen and oxygen atoms in total. The SMILES string of the molecule is CCCCOC(=O)C(O)(CC(O)C(O)CO)C(=O)CCC. The highest BCUT2D eigenvalue weighted by molar-refractivity contribution is 6.06. The highest BCUT2D eigenvalue weighted by Crippen LogP contribution is 2.21. The summed E-state index contributed by atoms with van der Waals surface area (Å²) in [6.07, 6.45) is -2.14. The van der Waals surface area contributed by atoms with E-state index in [1.165, 1.54) is 0 Å². The molecule has 0 spiro atoms. The number of esters is 1. The summed E-state index contributed by atoms with van der Waals surface area (Å²) in [5.41, 5.74) is -2.50. The second kappa shape index (κ2) is 9.83. The van der Waals surface area contributed by atoms with Gasteiger partial charge in [-0.25, -0.2) is 4.79 Å². The summed E-state index contributed by atoms with van der Waals surface area (Å²) in [6, 6.07) is 0. The van der Waals surface area contributed by atoms with Crippen LogP contribution in [0.25, 0.3) is 0 Å². The van der Waals surface area contributed by atoms with E-state index in [1.54, 1.807) is 6.92 Å². The standard InChI is InChI=1S/C14H26O7/c1-3-5-7-21-13(19)14(20,12(18)6-4-2)8-10(16)11(17)9-15/h10-11,15-17,20H,3-9H2,1-2H3. The summed E-state index contributed by atoms with van der Waals surface area (Å²) < 4.78 is 4.86. The zero-order chi connectivity index (χ0) is 16.5. The summed E-state index contributed by atoms with van der Waals surface area (Å²) in [5, 5.41) is 38.1. The molecule has 0 aliphatic rings. The van der Waals surface area contributed by atoms with E-state index in [0.29, 0.717) is 12.8 Å². The van der Waals surface area contributed by atoms with E-state index in [2.05, 4.69) is 0 Å². The molecule has 0 saturated carbocycles. The third-order valence-electron chi connectivity index (χ3n) is 3.14. The number of unbranched alkanes of at least 4 members (excludes halogenated alkanes) is 1. The van der Waals surface area contributed by atoms with Crippen molar-refractivity contribution in [1.82, 2.24) is 0 Å². The first-order valence-corrected chi connectivity index (χ1v) is 7.23. The molecule has 7 heteroatoms. The van der Waals surface area contributed by atoms with Gasteiger partial charge in [0.1, 0.15) is 6.10 Å². The third-order valence-corrected chi connectivity index (χ3v) is 3.14. The molecule has 0 aliphatic carbocycles. The summed E-state index contributed by atoms with van der Waals surface area (Å²) in [6.45, 7) is 2.92. The largest absolute Gasteiger partial charge is 0.463 e. The van der Waals surface area contributed by atoms with Crippen molar-refractivity contribution in [2.24, 2.45) is 0 Å². The van der Waals surface area contributed by atoms with Crippen molar-refractivity contribution in [3.63, 3.8) is 0 Å². The van der Waals surface area contributed by atoms with Gasteiger partial charge in [0.05, 0.1) is 19.3 Å². The molecule has 0 aromatic rings. The highest BCUT2D eigenvalue weighted by Gasteiger charge is 2.47.